The van der Waals surface area contributed by atoms with Crippen LogP contribution in [0.3, 0.4) is 0 Å². The number of nitrogens with zero attached hydrogens (tertiary/aromatic N) is 6. The monoisotopic (exact) mass is 368 g/mol. The number of imidazole rings is 1. The number of piperidine rings is 1. The minimum absolute atomic E-state index is 0.0348. The van der Waals surface area contributed by atoms with E-state index in [1.54, 1.807) is 6.20 Å². The molecule has 1 aliphatic rings. The van der Waals surface area contributed by atoms with Crippen LogP contribution in [0.1, 0.15) is 45.5 Å². The van der Waals surface area contributed by atoms with Crippen molar-refractivity contribution < 1.29 is 4.79 Å². The Bertz CT molecular complexity index is 890. The predicted molar refractivity (Wildman–Crippen MR) is 98.1 cm³/mol. The molecule has 1 aliphatic heterocycles. The standard InChI is InChI=1S/C18H20N6OS/c1-13-16(26-22-21-13)18(25)24-8-3-5-15(12-24)17-20-7-9-23(17)11-14-4-2-6-19-10-14/h2,4,6-7,9-10,15H,3,5,8,11-12H2,1H3. The molecule has 3 aromatic heterocycles. The number of carbonyl (C=O) groups is 1. The van der Waals surface area contributed by atoms with Crippen LogP contribution in [-0.2, 0) is 6.54 Å². The van der Waals surface area contributed by atoms with Gasteiger partial charge in [0.05, 0.1) is 12.2 Å². The van der Waals surface area contributed by atoms with E-state index in [-0.39, 0.29) is 11.8 Å². The van der Waals surface area contributed by atoms with Crippen LogP contribution < -0.4 is 0 Å². The molecule has 0 radical (unpaired) electrons. The predicted octanol–water partition coefficient (Wildman–Crippen LogP) is 2.51. The number of amides is 1. The fraction of sp³-hybridized carbons (Fsp3) is 0.389. The molecule has 0 aliphatic carbocycles. The molecule has 3 aromatic rings. The van der Waals surface area contributed by atoms with Gasteiger partial charge in [-0.1, -0.05) is 10.6 Å². The van der Waals surface area contributed by atoms with Crippen LogP contribution in [0.5, 0.6) is 0 Å². The highest BCUT2D eigenvalue weighted by atomic mass is 32.1. The van der Waals surface area contributed by atoms with Gasteiger partial charge in [0.25, 0.3) is 5.91 Å². The zero-order valence-electron chi connectivity index (χ0n) is 14.6. The summed E-state index contributed by atoms with van der Waals surface area (Å²) >= 11 is 1.17. The van der Waals surface area contributed by atoms with E-state index in [1.807, 2.05) is 36.5 Å². The van der Waals surface area contributed by atoms with Gasteiger partial charge in [-0.3, -0.25) is 9.78 Å². The lowest BCUT2D eigenvalue weighted by Gasteiger charge is -2.32. The SMILES string of the molecule is Cc1nnsc1C(=O)N1CCCC(c2nccn2Cc2cccnc2)C1. The van der Waals surface area contributed by atoms with Gasteiger partial charge >= 0.3 is 0 Å². The molecule has 1 amide bonds. The smallest absolute Gasteiger partial charge is 0.267 e. The number of hydrogen-bond acceptors (Lipinski definition) is 6. The van der Waals surface area contributed by atoms with Gasteiger partial charge < -0.3 is 9.47 Å². The van der Waals surface area contributed by atoms with E-state index >= 15 is 0 Å². The molecule has 0 N–H and O–H groups in total. The first kappa shape index (κ1) is 16.8. The Balaban J connectivity index is 1.51. The molecule has 0 aromatic carbocycles. The van der Waals surface area contributed by atoms with Gasteiger partial charge in [0.2, 0.25) is 0 Å². The van der Waals surface area contributed by atoms with Crippen molar-refractivity contribution in [2.24, 2.45) is 0 Å². The zero-order valence-corrected chi connectivity index (χ0v) is 15.4. The molecule has 0 spiro atoms. The lowest BCUT2D eigenvalue weighted by Crippen LogP contribution is -2.39. The van der Waals surface area contributed by atoms with Gasteiger partial charge in [0.15, 0.2) is 0 Å². The first-order valence-corrected chi connectivity index (χ1v) is 9.48. The maximum absolute atomic E-state index is 12.8. The highest BCUT2D eigenvalue weighted by Gasteiger charge is 2.29. The average Bonchev–Trinajstić information content (AvgIpc) is 3.31. The summed E-state index contributed by atoms with van der Waals surface area (Å²) in [6, 6.07) is 4.01. The topological polar surface area (TPSA) is 76.8 Å². The summed E-state index contributed by atoms with van der Waals surface area (Å²) in [5.74, 6) is 1.30. The molecule has 1 atom stereocenters. The number of hydrogen-bond donors (Lipinski definition) is 0. The third-order valence-corrected chi connectivity index (χ3v) is 5.56. The number of aryl methyl sites for hydroxylation is 1. The second-order valence-corrected chi connectivity index (χ2v) is 7.31. The summed E-state index contributed by atoms with van der Waals surface area (Å²) < 4.78 is 6.05. The quantitative estimate of drug-likeness (QED) is 0.707. The number of carbonyl (C=O) groups excluding carboxylic acids is 1. The fourth-order valence-corrected chi connectivity index (χ4v) is 4.07. The number of pyridine rings is 1. The third-order valence-electron chi connectivity index (χ3n) is 4.74. The molecule has 0 saturated carbocycles. The zero-order chi connectivity index (χ0) is 17.9. The Hall–Kier alpha value is -2.61. The molecule has 1 saturated heterocycles. The summed E-state index contributed by atoms with van der Waals surface area (Å²) in [6.07, 6.45) is 9.50. The molecule has 1 fully saturated rings. The van der Waals surface area contributed by atoms with Crippen LogP contribution >= 0.6 is 11.5 Å². The van der Waals surface area contributed by atoms with E-state index in [0.29, 0.717) is 17.1 Å². The number of likely N-dealkylation sites (tertiary alicyclic amines) is 1. The lowest BCUT2D eigenvalue weighted by atomic mass is 9.96. The average molecular weight is 368 g/mol. The molecular weight excluding hydrogens is 348 g/mol. The van der Waals surface area contributed by atoms with Crippen molar-refractivity contribution in [2.45, 2.75) is 32.2 Å². The summed E-state index contributed by atoms with van der Waals surface area (Å²) in [4.78, 5) is 24.1. The van der Waals surface area contributed by atoms with E-state index in [1.165, 1.54) is 11.5 Å². The van der Waals surface area contributed by atoms with Crippen molar-refractivity contribution in [3.63, 3.8) is 0 Å². The van der Waals surface area contributed by atoms with E-state index in [0.717, 1.165) is 37.3 Å². The Labute approximate surface area is 155 Å². The van der Waals surface area contributed by atoms with Crippen molar-refractivity contribution in [3.05, 3.63) is 58.9 Å². The van der Waals surface area contributed by atoms with Crippen molar-refractivity contribution in [1.29, 1.82) is 0 Å². The van der Waals surface area contributed by atoms with Gasteiger partial charge in [-0.2, -0.15) is 0 Å². The molecule has 8 heteroatoms. The van der Waals surface area contributed by atoms with Gasteiger partial charge in [-0.05, 0) is 42.9 Å². The molecule has 7 nitrogen and oxygen atoms in total. The highest BCUT2D eigenvalue weighted by molar-refractivity contribution is 7.07. The number of rotatable bonds is 4. The molecule has 1 unspecified atom stereocenters. The number of aromatic nitrogens is 5. The van der Waals surface area contributed by atoms with Crippen LogP contribution in [0.4, 0.5) is 0 Å². The van der Waals surface area contributed by atoms with E-state index < -0.39 is 0 Å². The molecule has 26 heavy (non-hydrogen) atoms. The van der Waals surface area contributed by atoms with E-state index in [2.05, 4.69) is 30.2 Å². The Kier molecular flexibility index (Phi) is 4.75. The second-order valence-electron chi connectivity index (χ2n) is 6.55. The summed E-state index contributed by atoms with van der Waals surface area (Å²) in [5.41, 5.74) is 1.85. The minimum atomic E-state index is 0.0348. The summed E-state index contributed by atoms with van der Waals surface area (Å²) in [7, 11) is 0. The van der Waals surface area contributed by atoms with Crippen molar-refractivity contribution in [1.82, 2.24) is 29.0 Å². The van der Waals surface area contributed by atoms with Crippen molar-refractivity contribution >= 4 is 17.4 Å². The Morgan fingerprint density at radius 1 is 1.38 bits per heavy atom. The third kappa shape index (κ3) is 3.37. The Morgan fingerprint density at radius 2 is 2.31 bits per heavy atom. The maximum atomic E-state index is 12.8. The molecule has 0 bridgehead atoms. The lowest BCUT2D eigenvalue weighted by molar-refractivity contribution is 0.0707. The maximum Gasteiger partial charge on any atom is 0.267 e. The van der Waals surface area contributed by atoms with Crippen molar-refractivity contribution in [3.8, 4) is 0 Å². The van der Waals surface area contributed by atoms with Gasteiger partial charge in [-0.15, -0.1) is 5.10 Å². The largest absolute Gasteiger partial charge is 0.337 e. The first-order valence-electron chi connectivity index (χ1n) is 8.70. The Morgan fingerprint density at radius 3 is 3.08 bits per heavy atom. The molecule has 4 heterocycles. The van der Waals surface area contributed by atoms with Gasteiger partial charge in [0, 0.05) is 43.8 Å². The van der Waals surface area contributed by atoms with Crippen LogP contribution in [0.25, 0.3) is 0 Å². The second kappa shape index (κ2) is 7.33. The molecule has 4 rings (SSSR count). The van der Waals surface area contributed by atoms with Crippen LogP contribution in [0, 0.1) is 6.92 Å². The van der Waals surface area contributed by atoms with Crippen LogP contribution in [-0.4, -0.2) is 48.0 Å². The highest BCUT2D eigenvalue weighted by Crippen LogP contribution is 2.28. The minimum Gasteiger partial charge on any atom is -0.337 e. The first-order chi connectivity index (χ1) is 12.7. The normalized spacial score (nSPS) is 17.4. The summed E-state index contributed by atoms with van der Waals surface area (Å²) in [5, 5.41) is 3.96. The van der Waals surface area contributed by atoms with Crippen LogP contribution in [0.15, 0.2) is 36.9 Å². The molecular formula is C18H20N6OS. The molecule has 134 valence electrons. The van der Waals surface area contributed by atoms with Gasteiger partial charge in [-0.25, -0.2) is 4.98 Å². The van der Waals surface area contributed by atoms with E-state index in [4.69, 9.17) is 0 Å². The van der Waals surface area contributed by atoms with Crippen molar-refractivity contribution in [2.75, 3.05) is 13.1 Å². The van der Waals surface area contributed by atoms with Gasteiger partial charge in [0.1, 0.15) is 10.7 Å². The van der Waals surface area contributed by atoms with Crippen LogP contribution in [0.2, 0.25) is 0 Å². The van der Waals surface area contributed by atoms with E-state index in [9.17, 15) is 4.79 Å². The summed E-state index contributed by atoms with van der Waals surface area (Å²) in [6.45, 7) is 4.03. The fourth-order valence-electron chi connectivity index (χ4n) is 3.45.